The van der Waals surface area contributed by atoms with Crippen LogP contribution in [0.25, 0.3) is 0 Å². The molecule has 1 saturated heterocycles. The molecule has 7 nitrogen and oxygen atoms in total. The summed E-state index contributed by atoms with van der Waals surface area (Å²) < 4.78 is 22.1. The number of hydrogen-bond acceptors (Lipinski definition) is 7. The summed E-state index contributed by atoms with van der Waals surface area (Å²) in [6.45, 7) is 3.14. The molecule has 29 heavy (non-hydrogen) atoms. The number of pyridine rings is 1. The Morgan fingerprint density at radius 1 is 1.10 bits per heavy atom. The lowest BCUT2D eigenvalue weighted by Crippen LogP contribution is -2.42. The number of nitrogens with zero attached hydrogens (tertiary/aromatic N) is 2. The molecule has 1 aliphatic carbocycles. The van der Waals surface area contributed by atoms with Gasteiger partial charge in [-0.1, -0.05) is 6.07 Å². The minimum Gasteiger partial charge on any atom is -0.488 e. The smallest absolute Gasteiger partial charge is 0.231 e. The van der Waals surface area contributed by atoms with Crippen LogP contribution in [0.3, 0.4) is 0 Å². The van der Waals surface area contributed by atoms with Gasteiger partial charge in [-0.25, -0.2) is 4.98 Å². The van der Waals surface area contributed by atoms with Crippen molar-refractivity contribution in [1.82, 2.24) is 9.88 Å². The van der Waals surface area contributed by atoms with Gasteiger partial charge in [-0.15, -0.1) is 0 Å². The summed E-state index contributed by atoms with van der Waals surface area (Å²) in [6.07, 6.45) is 2.86. The molecule has 0 bridgehead atoms. The molecule has 154 valence electrons. The van der Waals surface area contributed by atoms with E-state index in [1.54, 1.807) is 7.11 Å². The van der Waals surface area contributed by atoms with Gasteiger partial charge in [0.15, 0.2) is 11.5 Å². The molecule has 7 heteroatoms. The first-order chi connectivity index (χ1) is 14.2. The zero-order valence-electron chi connectivity index (χ0n) is 16.5. The molecule has 0 radical (unpaired) electrons. The lowest BCUT2D eigenvalue weighted by Gasteiger charge is -2.35. The average molecular weight is 398 g/mol. The van der Waals surface area contributed by atoms with Crippen LogP contribution in [-0.2, 0) is 6.54 Å². The third kappa shape index (κ3) is 3.84. The number of aliphatic hydroxyl groups excluding tert-OH is 1. The lowest BCUT2D eigenvalue weighted by atomic mass is 9.78. The molecule has 1 aromatic carbocycles. The Hall–Kier alpha value is -2.51. The molecule has 3 heterocycles. The molecule has 3 aliphatic rings. The molecule has 4 atom stereocenters. The molecule has 1 aromatic heterocycles. The third-order valence-electron chi connectivity index (χ3n) is 6.20. The third-order valence-corrected chi connectivity index (χ3v) is 6.20. The Balaban J connectivity index is 1.20. The van der Waals surface area contributed by atoms with Crippen molar-refractivity contribution in [2.45, 2.75) is 31.6 Å². The average Bonchev–Trinajstić information content (AvgIpc) is 3.34. The number of rotatable bonds is 5. The summed E-state index contributed by atoms with van der Waals surface area (Å²) in [5, 5.41) is 10.7. The fourth-order valence-electron chi connectivity index (χ4n) is 4.75. The zero-order chi connectivity index (χ0) is 19.8. The maximum absolute atomic E-state index is 10.7. The van der Waals surface area contributed by atoms with Crippen LogP contribution in [0.5, 0.6) is 23.1 Å². The van der Waals surface area contributed by atoms with Crippen LogP contribution in [0, 0.1) is 11.8 Å². The van der Waals surface area contributed by atoms with E-state index in [1.165, 1.54) is 5.56 Å². The number of likely N-dealkylation sites (tertiary alicyclic amines) is 1. The summed E-state index contributed by atoms with van der Waals surface area (Å²) >= 11 is 0. The van der Waals surface area contributed by atoms with E-state index < -0.39 is 6.10 Å². The van der Waals surface area contributed by atoms with Crippen molar-refractivity contribution in [3.8, 4) is 23.1 Å². The van der Waals surface area contributed by atoms with E-state index in [-0.39, 0.29) is 12.9 Å². The van der Waals surface area contributed by atoms with Gasteiger partial charge in [-0.3, -0.25) is 4.90 Å². The second-order valence-corrected chi connectivity index (χ2v) is 8.13. The Kier molecular flexibility index (Phi) is 4.93. The van der Waals surface area contributed by atoms with Crippen molar-refractivity contribution in [3.63, 3.8) is 0 Å². The maximum atomic E-state index is 10.7. The molecule has 5 rings (SSSR count). The summed E-state index contributed by atoms with van der Waals surface area (Å²) in [7, 11) is 1.63. The van der Waals surface area contributed by atoms with E-state index in [0.29, 0.717) is 23.5 Å². The fraction of sp³-hybridized carbons (Fsp3) is 0.500. The molecule has 2 aromatic rings. The second-order valence-electron chi connectivity index (χ2n) is 8.13. The molecule has 0 unspecified atom stereocenters. The van der Waals surface area contributed by atoms with Crippen molar-refractivity contribution in [3.05, 3.63) is 42.1 Å². The van der Waals surface area contributed by atoms with E-state index in [2.05, 4.69) is 16.0 Å². The highest BCUT2D eigenvalue weighted by Gasteiger charge is 2.42. The molecule has 0 spiro atoms. The van der Waals surface area contributed by atoms with Gasteiger partial charge in [-0.05, 0) is 42.4 Å². The number of aromatic nitrogens is 1. The van der Waals surface area contributed by atoms with Crippen LogP contribution in [0.4, 0.5) is 0 Å². The Bertz CT molecular complexity index is 859. The quantitative estimate of drug-likeness (QED) is 0.829. The van der Waals surface area contributed by atoms with Gasteiger partial charge >= 0.3 is 0 Å². The molecular formula is C22H26N2O5. The topological polar surface area (TPSA) is 73.3 Å². The van der Waals surface area contributed by atoms with Gasteiger partial charge < -0.3 is 24.1 Å². The Morgan fingerprint density at radius 3 is 2.72 bits per heavy atom. The predicted molar refractivity (Wildman–Crippen MR) is 105 cm³/mol. The second kappa shape index (κ2) is 7.72. The maximum Gasteiger partial charge on any atom is 0.231 e. The predicted octanol–water partition coefficient (Wildman–Crippen LogP) is 2.47. The summed E-state index contributed by atoms with van der Waals surface area (Å²) in [5.74, 6) is 3.83. The molecule has 0 amide bonds. The number of fused-ring (bicyclic) bond motifs is 2. The normalized spacial score (nSPS) is 28.2. The molecule has 1 N–H and O–H groups in total. The summed E-state index contributed by atoms with van der Waals surface area (Å²) in [5.41, 5.74) is 1.18. The van der Waals surface area contributed by atoms with E-state index in [4.69, 9.17) is 18.9 Å². The monoisotopic (exact) mass is 398 g/mol. The van der Waals surface area contributed by atoms with E-state index in [0.717, 1.165) is 44.0 Å². The largest absolute Gasteiger partial charge is 0.488 e. The molecule has 2 aliphatic heterocycles. The molecule has 1 saturated carbocycles. The molecule has 2 fully saturated rings. The summed E-state index contributed by atoms with van der Waals surface area (Å²) in [4.78, 5) is 6.75. The minimum atomic E-state index is -0.454. The SMILES string of the molecule is COc1ccc(CN2C[C@H]3C[C@@H](Oc4ccc5c(c4)OCO5)[C@H](O)C[C@H]3C2)cn1. The number of aliphatic hydroxyl groups is 1. The highest BCUT2D eigenvalue weighted by atomic mass is 16.7. The van der Waals surface area contributed by atoms with Crippen molar-refractivity contribution in [1.29, 1.82) is 0 Å². The van der Waals surface area contributed by atoms with Crippen LogP contribution in [0.15, 0.2) is 36.5 Å². The first kappa shape index (κ1) is 18.5. The first-order valence-electron chi connectivity index (χ1n) is 10.1. The Labute approximate surface area is 170 Å². The van der Waals surface area contributed by atoms with E-state index >= 15 is 0 Å². The highest BCUT2D eigenvalue weighted by Crippen LogP contribution is 2.40. The standard InChI is InChI=1S/C22H26N2O5/c1-26-22-5-2-14(9-23-22)10-24-11-15-6-18(25)20(7-16(15)12-24)29-17-3-4-19-21(8-17)28-13-27-19/h2-5,8-9,15-16,18,20,25H,6-7,10-13H2,1H3/t15-,16+,18+,20+/m0/s1. The van der Waals surface area contributed by atoms with Gasteiger partial charge in [-0.2, -0.15) is 0 Å². The minimum absolute atomic E-state index is 0.195. The van der Waals surface area contributed by atoms with Crippen molar-refractivity contribution >= 4 is 0 Å². The van der Waals surface area contributed by atoms with Crippen LogP contribution in [0.2, 0.25) is 0 Å². The van der Waals surface area contributed by atoms with Crippen molar-refractivity contribution < 1.29 is 24.1 Å². The van der Waals surface area contributed by atoms with Crippen molar-refractivity contribution in [2.24, 2.45) is 11.8 Å². The van der Waals surface area contributed by atoms with Gasteiger partial charge in [0.05, 0.1) is 13.2 Å². The summed E-state index contributed by atoms with van der Waals surface area (Å²) in [6, 6.07) is 9.55. The number of hydrogen-bond donors (Lipinski definition) is 1. The Morgan fingerprint density at radius 2 is 1.93 bits per heavy atom. The van der Waals surface area contributed by atoms with Crippen LogP contribution in [-0.4, -0.2) is 54.2 Å². The lowest BCUT2D eigenvalue weighted by molar-refractivity contribution is -0.0232. The van der Waals surface area contributed by atoms with E-state index in [1.807, 2.05) is 30.5 Å². The van der Waals surface area contributed by atoms with Gasteiger partial charge in [0.25, 0.3) is 0 Å². The van der Waals surface area contributed by atoms with Gasteiger partial charge in [0.2, 0.25) is 12.7 Å². The zero-order valence-corrected chi connectivity index (χ0v) is 16.5. The number of ether oxygens (including phenoxy) is 4. The van der Waals surface area contributed by atoms with Crippen LogP contribution >= 0.6 is 0 Å². The van der Waals surface area contributed by atoms with Gasteiger partial charge in [0.1, 0.15) is 11.9 Å². The fourth-order valence-corrected chi connectivity index (χ4v) is 4.75. The van der Waals surface area contributed by atoms with Crippen LogP contribution < -0.4 is 18.9 Å². The molecular weight excluding hydrogens is 372 g/mol. The van der Waals surface area contributed by atoms with Crippen LogP contribution in [0.1, 0.15) is 18.4 Å². The number of benzene rings is 1. The van der Waals surface area contributed by atoms with E-state index in [9.17, 15) is 5.11 Å². The highest BCUT2D eigenvalue weighted by molar-refractivity contribution is 5.47. The first-order valence-corrected chi connectivity index (χ1v) is 10.1. The number of methoxy groups -OCH3 is 1. The van der Waals surface area contributed by atoms with Gasteiger partial charge in [0, 0.05) is 38.0 Å². The van der Waals surface area contributed by atoms with Crippen molar-refractivity contribution in [2.75, 3.05) is 27.0 Å².